The van der Waals surface area contributed by atoms with Crippen LogP contribution in [-0.4, -0.2) is 37.2 Å². The Bertz CT molecular complexity index is 796. The number of unbranched alkanes of at least 4 members (excludes halogenated alkanes) is 29. The first kappa shape index (κ1) is 51.4. The number of hydrogen-bond donors (Lipinski definition) is 0. The number of ether oxygens (including phenoxy) is 3. The van der Waals surface area contributed by atoms with Crippen LogP contribution in [0.5, 0.6) is 0 Å². The highest BCUT2D eigenvalue weighted by Gasteiger charge is 2.19. The number of rotatable bonds is 42. The number of hydrogen-bond acceptors (Lipinski definition) is 6. The fourth-order valence-electron chi connectivity index (χ4n) is 6.98. The first-order chi connectivity index (χ1) is 25.9. The smallest absolute Gasteiger partial charge is 0.306 e. The van der Waals surface area contributed by atoms with Crippen LogP contribution < -0.4 is 0 Å². The zero-order valence-corrected chi connectivity index (χ0v) is 36.0. The number of carbonyl (C=O) groups excluding carboxylic acids is 3. The monoisotopic (exact) mass is 751 g/mol. The molecule has 0 saturated carbocycles. The van der Waals surface area contributed by atoms with Crippen molar-refractivity contribution < 1.29 is 28.6 Å². The average molecular weight is 751 g/mol. The lowest BCUT2D eigenvalue weighted by Gasteiger charge is -2.18. The molecule has 0 bridgehead atoms. The molecular weight excluding hydrogens is 661 g/mol. The van der Waals surface area contributed by atoms with Crippen molar-refractivity contribution in [2.45, 2.75) is 265 Å². The van der Waals surface area contributed by atoms with Gasteiger partial charge in [0.1, 0.15) is 13.2 Å². The molecule has 314 valence electrons. The van der Waals surface area contributed by atoms with Gasteiger partial charge in [0.15, 0.2) is 6.10 Å². The molecule has 0 aliphatic heterocycles. The second kappa shape index (κ2) is 41.6. The van der Waals surface area contributed by atoms with Crippen molar-refractivity contribution in [3.63, 3.8) is 0 Å². The maximum atomic E-state index is 12.7. The summed E-state index contributed by atoms with van der Waals surface area (Å²) >= 11 is 0. The molecule has 0 N–H and O–H groups in total. The number of esters is 3. The highest BCUT2D eigenvalue weighted by molar-refractivity contribution is 5.71. The van der Waals surface area contributed by atoms with Crippen molar-refractivity contribution in [2.75, 3.05) is 13.2 Å². The van der Waals surface area contributed by atoms with Crippen LogP contribution in [0.25, 0.3) is 0 Å². The van der Waals surface area contributed by atoms with Crippen molar-refractivity contribution in [1.82, 2.24) is 0 Å². The van der Waals surface area contributed by atoms with E-state index < -0.39 is 6.10 Å². The number of carbonyl (C=O) groups is 3. The third-order valence-corrected chi connectivity index (χ3v) is 10.5. The molecule has 0 heterocycles. The maximum absolute atomic E-state index is 12.7. The largest absolute Gasteiger partial charge is 0.462 e. The predicted molar refractivity (Wildman–Crippen MR) is 224 cm³/mol. The summed E-state index contributed by atoms with van der Waals surface area (Å²) in [6, 6.07) is 0. The molecule has 6 nitrogen and oxygen atoms in total. The highest BCUT2D eigenvalue weighted by atomic mass is 16.6. The summed E-state index contributed by atoms with van der Waals surface area (Å²) in [4.78, 5) is 37.7. The Morgan fingerprint density at radius 3 is 0.925 bits per heavy atom. The highest BCUT2D eigenvalue weighted by Crippen LogP contribution is 2.16. The molecule has 0 unspecified atom stereocenters. The summed E-state index contributed by atoms with van der Waals surface area (Å²) in [7, 11) is 0. The molecular formula is C47H90O6. The molecule has 6 heteroatoms. The summed E-state index contributed by atoms with van der Waals surface area (Å²) < 4.78 is 16.7. The Balaban J connectivity index is 4.32. The fourth-order valence-corrected chi connectivity index (χ4v) is 6.98. The maximum Gasteiger partial charge on any atom is 0.306 e. The molecule has 0 amide bonds. The van der Waals surface area contributed by atoms with Gasteiger partial charge in [-0.15, -0.1) is 0 Å². The van der Waals surface area contributed by atoms with Crippen LogP contribution >= 0.6 is 0 Å². The van der Waals surface area contributed by atoms with Crippen molar-refractivity contribution in [3.8, 4) is 0 Å². The molecule has 0 saturated heterocycles. The third kappa shape index (κ3) is 41.4. The van der Waals surface area contributed by atoms with Crippen molar-refractivity contribution >= 4 is 17.9 Å². The summed E-state index contributed by atoms with van der Waals surface area (Å²) in [5.41, 5.74) is 0. The summed E-state index contributed by atoms with van der Waals surface area (Å²) in [6.07, 6.45) is 40.8. The van der Waals surface area contributed by atoms with E-state index in [9.17, 15) is 14.4 Å². The zero-order chi connectivity index (χ0) is 38.9. The van der Waals surface area contributed by atoms with E-state index in [0.29, 0.717) is 19.3 Å². The topological polar surface area (TPSA) is 78.9 Å². The van der Waals surface area contributed by atoms with E-state index in [0.717, 1.165) is 63.7 Å². The third-order valence-electron chi connectivity index (χ3n) is 10.5. The zero-order valence-electron chi connectivity index (χ0n) is 36.0. The Kier molecular flexibility index (Phi) is 40.3. The standard InChI is InChI=1S/C47H90O6/c1-5-7-9-11-13-15-17-18-20-22-27-31-35-39-46(49)52-42-44(53-47(50)40-36-32-28-24-23-25-29-33-37-43(3)4)41-51-45(48)38-34-30-26-21-19-16-14-12-10-8-6-2/h43-44H,5-42H2,1-4H3/t44-/m1/s1. The lowest BCUT2D eigenvalue weighted by Crippen LogP contribution is -2.30. The van der Waals surface area contributed by atoms with E-state index in [1.807, 2.05) is 0 Å². The van der Waals surface area contributed by atoms with Crippen LogP contribution in [0.15, 0.2) is 0 Å². The molecule has 0 spiro atoms. The Labute approximate surface area is 329 Å². The van der Waals surface area contributed by atoms with E-state index in [1.54, 1.807) is 0 Å². The van der Waals surface area contributed by atoms with Gasteiger partial charge in [0.05, 0.1) is 0 Å². The molecule has 0 aromatic heterocycles. The van der Waals surface area contributed by atoms with Crippen LogP contribution in [0, 0.1) is 5.92 Å². The van der Waals surface area contributed by atoms with Gasteiger partial charge in [-0.1, -0.05) is 220 Å². The quantitative estimate of drug-likeness (QED) is 0.0351. The molecule has 53 heavy (non-hydrogen) atoms. The van der Waals surface area contributed by atoms with Gasteiger partial charge in [-0.2, -0.15) is 0 Å². The lowest BCUT2D eigenvalue weighted by atomic mass is 10.0. The minimum absolute atomic E-state index is 0.0639. The molecule has 0 radical (unpaired) electrons. The Morgan fingerprint density at radius 2 is 0.623 bits per heavy atom. The summed E-state index contributed by atoms with van der Waals surface area (Å²) in [5, 5.41) is 0. The fraction of sp³-hybridized carbons (Fsp3) is 0.936. The Hall–Kier alpha value is -1.59. The van der Waals surface area contributed by atoms with Gasteiger partial charge >= 0.3 is 17.9 Å². The van der Waals surface area contributed by atoms with Crippen molar-refractivity contribution in [1.29, 1.82) is 0 Å². The average Bonchev–Trinajstić information content (AvgIpc) is 3.14. The molecule has 0 rings (SSSR count). The van der Waals surface area contributed by atoms with E-state index in [-0.39, 0.29) is 31.1 Å². The normalized spacial score (nSPS) is 11.9. The van der Waals surface area contributed by atoms with Gasteiger partial charge in [-0.05, 0) is 25.2 Å². The van der Waals surface area contributed by atoms with Gasteiger partial charge in [0.25, 0.3) is 0 Å². The molecule has 0 fully saturated rings. The van der Waals surface area contributed by atoms with Crippen LogP contribution in [0.3, 0.4) is 0 Å². The van der Waals surface area contributed by atoms with Gasteiger partial charge in [-0.25, -0.2) is 0 Å². The molecule has 0 aromatic rings. The first-order valence-corrected chi connectivity index (χ1v) is 23.4. The molecule has 1 atom stereocenters. The first-order valence-electron chi connectivity index (χ1n) is 23.4. The second-order valence-electron chi connectivity index (χ2n) is 16.5. The molecule has 0 aliphatic rings. The van der Waals surface area contributed by atoms with Crippen molar-refractivity contribution in [3.05, 3.63) is 0 Å². The Morgan fingerprint density at radius 1 is 0.358 bits per heavy atom. The predicted octanol–water partition coefficient (Wildman–Crippen LogP) is 14.7. The van der Waals surface area contributed by atoms with Crippen molar-refractivity contribution in [2.24, 2.45) is 5.92 Å². The van der Waals surface area contributed by atoms with Crippen LogP contribution in [-0.2, 0) is 28.6 Å². The van der Waals surface area contributed by atoms with Gasteiger partial charge < -0.3 is 14.2 Å². The lowest BCUT2D eigenvalue weighted by molar-refractivity contribution is -0.167. The van der Waals surface area contributed by atoms with E-state index in [4.69, 9.17) is 14.2 Å². The van der Waals surface area contributed by atoms with Crippen LogP contribution in [0.2, 0.25) is 0 Å². The van der Waals surface area contributed by atoms with E-state index in [2.05, 4.69) is 27.7 Å². The van der Waals surface area contributed by atoms with Crippen LogP contribution in [0.4, 0.5) is 0 Å². The van der Waals surface area contributed by atoms with E-state index >= 15 is 0 Å². The van der Waals surface area contributed by atoms with Gasteiger partial charge in [0, 0.05) is 19.3 Å². The summed E-state index contributed by atoms with van der Waals surface area (Å²) in [5.74, 6) is -0.0608. The summed E-state index contributed by atoms with van der Waals surface area (Å²) in [6.45, 7) is 8.96. The second-order valence-corrected chi connectivity index (χ2v) is 16.5. The molecule has 0 aliphatic carbocycles. The van der Waals surface area contributed by atoms with Gasteiger partial charge in [-0.3, -0.25) is 14.4 Å². The minimum atomic E-state index is -0.759. The van der Waals surface area contributed by atoms with Gasteiger partial charge in [0.2, 0.25) is 0 Å². The molecule has 0 aromatic carbocycles. The van der Waals surface area contributed by atoms with E-state index in [1.165, 1.54) is 154 Å². The minimum Gasteiger partial charge on any atom is -0.462 e. The SMILES string of the molecule is CCCCCCCCCCCCCCCC(=O)OC[C@@H](COC(=O)CCCCCCCCCCCCC)OC(=O)CCCCCCCCCCC(C)C. The van der Waals surface area contributed by atoms with Crippen LogP contribution in [0.1, 0.15) is 259 Å².